The second-order valence-electron chi connectivity index (χ2n) is 5.13. The molecule has 1 aromatic carbocycles. The van der Waals surface area contributed by atoms with E-state index < -0.39 is 0 Å². The second-order valence-corrected chi connectivity index (χ2v) is 6.08. The van der Waals surface area contributed by atoms with Gasteiger partial charge in [0.05, 0.1) is 11.4 Å². The van der Waals surface area contributed by atoms with Crippen LogP contribution in [0.4, 0.5) is 0 Å². The molecule has 0 aliphatic rings. The summed E-state index contributed by atoms with van der Waals surface area (Å²) in [7, 11) is 1.87. The number of hydrogen-bond acceptors (Lipinski definition) is 4. The zero-order valence-corrected chi connectivity index (χ0v) is 14.0. The van der Waals surface area contributed by atoms with Gasteiger partial charge in [0, 0.05) is 25.4 Å². The number of nitrogens with zero attached hydrogens (tertiary/aromatic N) is 4. The third kappa shape index (κ3) is 3.22. The quantitative estimate of drug-likeness (QED) is 0.515. The zero-order chi connectivity index (χ0) is 16.2. The summed E-state index contributed by atoms with van der Waals surface area (Å²) in [5, 5.41) is 9.32. The average molecular weight is 326 g/mol. The van der Waals surface area contributed by atoms with Crippen molar-refractivity contribution >= 4 is 17.5 Å². The van der Waals surface area contributed by atoms with Gasteiger partial charge < -0.3 is 9.13 Å². The Balaban J connectivity index is 1.78. The van der Waals surface area contributed by atoms with Gasteiger partial charge in [0.15, 0.2) is 16.8 Å². The fourth-order valence-electron chi connectivity index (χ4n) is 2.44. The molecule has 0 atom stereocenters. The number of ketones is 1. The normalized spacial score (nSPS) is 10.9. The summed E-state index contributed by atoms with van der Waals surface area (Å²) in [5.74, 6) is 1.28. The number of carbonyl (C=O) groups is 1. The van der Waals surface area contributed by atoms with E-state index in [-0.39, 0.29) is 5.78 Å². The van der Waals surface area contributed by atoms with Crippen LogP contribution < -0.4 is 0 Å². The first kappa shape index (κ1) is 15.6. The van der Waals surface area contributed by atoms with E-state index in [0.29, 0.717) is 11.4 Å². The molecule has 0 amide bonds. The predicted molar refractivity (Wildman–Crippen MR) is 91.6 cm³/mol. The minimum atomic E-state index is 0.0921. The van der Waals surface area contributed by atoms with Crippen molar-refractivity contribution in [2.75, 3.05) is 5.75 Å². The maximum absolute atomic E-state index is 12.3. The molecule has 118 valence electrons. The minimum absolute atomic E-state index is 0.0921. The molecular weight excluding hydrogens is 308 g/mol. The lowest BCUT2D eigenvalue weighted by molar-refractivity contribution is 0.101. The van der Waals surface area contributed by atoms with Crippen LogP contribution in [0.5, 0.6) is 0 Å². The first-order valence-corrected chi connectivity index (χ1v) is 8.45. The van der Waals surface area contributed by atoms with Crippen LogP contribution in [0.3, 0.4) is 0 Å². The van der Waals surface area contributed by atoms with Crippen molar-refractivity contribution in [2.24, 2.45) is 7.05 Å². The Morgan fingerprint density at radius 3 is 2.57 bits per heavy atom. The Kier molecular flexibility index (Phi) is 4.62. The highest BCUT2D eigenvalue weighted by Crippen LogP contribution is 2.24. The molecule has 23 heavy (non-hydrogen) atoms. The van der Waals surface area contributed by atoms with Gasteiger partial charge in [-0.3, -0.25) is 4.79 Å². The van der Waals surface area contributed by atoms with Gasteiger partial charge in [-0.2, -0.15) is 0 Å². The summed E-state index contributed by atoms with van der Waals surface area (Å²) < 4.78 is 3.88. The fraction of sp³-hybridized carbons (Fsp3) is 0.235. The van der Waals surface area contributed by atoms with Crippen molar-refractivity contribution < 1.29 is 4.79 Å². The molecule has 0 fully saturated rings. The Morgan fingerprint density at radius 2 is 1.91 bits per heavy atom. The van der Waals surface area contributed by atoms with Gasteiger partial charge in [-0.15, -0.1) is 10.2 Å². The first-order valence-electron chi connectivity index (χ1n) is 7.46. The highest BCUT2D eigenvalue weighted by Gasteiger charge is 2.16. The van der Waals surface area contributed by atoms with Crippen molar-refractivity contribution in [1.29, 1.82) is 0 Å². The van der Waals surface area contributed by atoms with E-state index in [9.17, 15) is 4.79 Å². The zero-order valence-electron chi connectivity index (χ0n) is 13.1. The number of rotatable bonds is 6. The van der Waals surface area contributed by atoms with E-state index in [0.717, 1.165) is 23.1 Å². The molecule has 0 aliphatic heterocycles. The van der Waals surface area contributed by atoms with E-state index in [1.54, 1.807) is 0 Å². The summed E-state index contributed by atoms with van der Waals surface area (Å²) in [6.45, 7) is 2.82. The summed E-state index contributed by atoms with van der Waals surface area (Å²) in [5.41, 5.74) is 1.74. The van der Waals surface area contributed by atoms with Gasteiger partial charge in [-0.25, -0.2) is 0 Å². The standard InChI is InChI=1S/C17H18N4OS/c1-3-21-16(13-8-5-4-6-9-13)18-19-17(21)23-12-15(22)14-10-7-11-20(14)2/h4-11H,3,12H2,1-2H3. The van der Waals surface area contributed by atoms with Crippen molar-refractivity contribution in [3.05, 3.63) is 54.4 Å². The molecule has 0 saturated heterocycles. The van der Waals surface area contributed by atoms with E-state index in [1.807, 2.05) is 64.8 Å². The van der Waals surface area contributed by atoms with Crippen LogP contribution >= 0.6 is 11.8 Å². The lowest BCUT2D eigenvalue weighted by Gasteiger charge is -2.07. The maximum Gasteiger partial charge on any atom is 0.191 e. The molecule has 0 unspecified atom stereocenters. The van der Waals surface area contributed by atoms with Crippen LogP contribution in [0, 0.1) is 0 Å². The van der Waals surface area contributed by atoms with E-state index in [1.165, 1.54) is 11.8 Å². The molecule has 0 N–H and O–H groups in total. The third-order valence-corrected chi connectivity index (χ3v) is 4.59. The Labute approximate surface area is 139 Å². The minimum Gasteiger partial charge on any atom is -0.348 e. The molecular formula is C17H18N4OS. The Bertz CT molecular complexity index is 807. The largest absolute Gasteiger partial charge is 0.348 e. The molecule has 0 saturated carbocycles. The number of Topliss-reactive ketones (excluding diaryl/α,β-unsaturated/α-hetero) is 1. The third-order valence-electron chi connectivity index (χ3n) is 3.63. The molecule has 0 aliphatic carbocycles. The molecule has 2 aromatic heterocycles. The fourth-order valence-corrected chi connectivity index (χ4v) is 3.31. The first-order chi connectivity index (χ1) is 11.2. The number of hydrogen-bond donors (Lipinski definition) is 0. The van der Waals surface area contributed by atoms with E-state index in [4.69, 9.17) is 0 Å². The van der Waals surface area contributed by atoms with Crippen LogP contribution in [0.15, 0.2) is 53.8 Å². The smallest absolute Gasteiger partial charge is 0.191 e. The number of benzene rings is 1. The Hall–Kier alpha value is -2.34. The second kappa shape index (κ2) is 6.83. The van der Waals surface area contributed by atoms with Crippen molar-refractivity contribution in [1.82, 2.24) is 19.3 Å². The van der Waals surface area contributed by atoms with Crippen LogP contribution in [0.25, 0.3) is 11.4 Å². The van der Waals surface area contributed by atoms with Gasteiger partial charge in [-0.05, 0) is 19.1 Å². The summed E-state index contributed by atoms with van der Waals surface area (Å²) in [4.78, 5) is 12.3. The lowest BCUT2D eigenvalue weighted by Crippen LogP contribution is -2.09. The predicted octanol–water partition coefficient (Wildman–Crippen LogP) is 3.28. The van der Waals surface area contributed by atoms with Gasteiger partial charge in [0.2, 0.25) is 0 Å². The van der Waals surface area contributed by atoms with E-state index in [2.05, 4.69) is 17.1 Å². The molecule has 6 heteroatoms. The van der Waals surface area contributed by atoms with Crippen molar-refractivity contribution in [3.63, 3.8) is 0 Å². The number of aryl methyl sites for hydroxylation is 1. The Morgan fingerprint density at radius 1 is 1.13 bits per heavy atom. The van der Waals surface area contributed by atoms with E-state index >= 15 is 0 Å². The highest BCUT2D eigenvalue weighted by molar-refractivity contribution is 7.99. The molecule has 0 radical (unpaired) electrons. The van der Waals surface area contributed by atoms with Crippen molar-refractivity contribution in [3.8, 4) is 11.4 Å². The molecule has 2 heterocycles. The molecule has 3 aromatic rings. The lowest BCUT2D eigenvalue weighted by atomic mass is 10.2. The van der Waals surface area contributed by atoms with Gasteiger partial charge >= 0.3 is 0 Å². The van der Waals surface area contributed by atoms with Crippen LogP contribution in [0.1, 0.15) is 17.4 Å². The van der Waals surface area contributed by atoms with Gasteiger partial charge in [-0.1, -0.05) is 42.1 Å². The SMILES string of the molecule is CCn1c(SCC(=O)c2cccn2C)nnc1-c1ccccc1. The summed E-state index contributed by atoms with van der Waals surface area (Å²) in [6, 6.07) is 13.7. The van der Waals surface area contributed by atoms with Crippen molar-refractivity contribution in [2.45, 2.75) is 18.6 Å². The highest BCUT2D eigenvalue weighted by atomic mass is 32.2. The number of carbonyl (C=O) groups excluding carboxylic acids is 1. The average Bonchev–Trinajstić information content (AvgIpc) is 3.19. The molecule has 0 spiro atoms. The van der Waals surface area contributed by atoms with Crippen LogP contribution in [-0.4, -0.2) is 30.9 Å². The maximum atomic E-state index is 12.3. The van der Waals surface area contributed by atoms with Gasteiger partial charge in [0.1, 0.15) is 0 Å². The van der Waals surface area contributed by atoms with Gasteiger partial charge in [0.25, 0.3) is 0 Å². The topological polar surface area (TPSA) is 52.7 Å². The van der Waals surface area contributed by atoms with Crippen LogP contribution in [0.2, 0.25) is 0 Å². The monoisotopic (exact) mass is 326 g/mol. The molecule has 3 rings (SSSR count). The number of aromatic nitrogens is 4. The molecule has 5 nitrogen and oxygen atoms in total. The summed E-state index contributed by atoms with van der Waals surface area (Å²) in [6.07, 6.45) is 1.87. The molecule has 0 bridgehead atoms. The van der Waals surface area contributed by atoms with Crippen LogP contribution in [-0.2, 0) is 13.6 Å². The number of thioether (sulfide) groups is 1. The summed E-state index contributed by atoms with van der Waals surface area (Å²) >= 11 is 1.43.